The summed E-state index contributed by atoms with van der Waals surface area (Å²) < 4.78 is 21.0. The fourth-order valence-electron chi connectivity index (χ4n) is 2.49. The van der Waals surface area contributed by atoms with Crippen molar-refractivity contribution in [3.05, 3.63) is 57.8 Å². The molecule has 1 aromatic carbocycles. The lowest BCUT2D eigenvalue weighted by atomic mass is 10.2. The van der Waals surface area contributed by atoms with Crippen molar-refractivity contribution < 1.29 is 18.8 Å². The quantitative estimate of drug-likeness (QED) is 0.364. The summed E-state index contributed by atoms with van der Waals surface area (Å²) in [4.78, 5) is 29.7. The van der Waals surface area contributed by atoms with E-state index < -0.39 is 16.4 Å². The van der Waals surface area contributed by atoms with Gasteiger partial charge in [0, 0.05) is 30.1 Å². The second-order valence-corrected chi connectivity index (χ2v) is 6.38. The van der Waals surface area contributed by atoms with Crippen LogP contribution in [0.2, 0.25) is 0 Å². The molecule has 0 unspecified atom stereocenters. The molecule has 0 fully saturated rings. The van der Waals surface area contributed by atoms with Gasteiger partial charge >= 0.3 is 5.69 Å². The van der Waals surface area contributed by atoms with Gasteiger partial charge < -0.3 is 10.1 Å². The molecule has 11 heteroatoms. The van der Waals surface area contributed by atoms with Crippen LogP contribution in [0.15, 0.2) is 30.7 Å². The van der Waals surface area contributed by atoms with Crippen molar-refractivity contribution in [3.8, 4) is 11.6 Å². The number of nitrogens with one attached hydrogen (secondary N) is 1. The third-order valence-corrected chi connectivity index (χ3v) is 3.76. The van der Waals surface area contributed by atoms with E-state index in [1.54, 1.807) is 20.8 Å². The largest absolute Gasteiger partial charge is 0.489 e. The highest BCUT2D eigenvalue weighted by Gasteiger charge is 2.21. The number of carbonyl (C=O) groups excluding carboxylic acids is 1. The van der Waals surface area contributed by atoms with Crippen LogP contribution in [0.3, 0.4) is 0 Å². The Balaban J connectivity index is 2.02. The molecule has 3 rings (SSSR count). The Hall–Kier alpha value is -3.89. The van der Waals surface area contributed by atoms with Gasteiger partial charge in [-0.1, -0.05) is 0 Å². The summed E-state index contributed by atoms with van der Waals surface area (Å²) in [7, 11) is 0. The van der Waals surface area contributed by atoms with E-state index in [4.69, 9.17) is 4.74 Å². The minimum absolute atomic E-state index is 0.0798. The van der Waals surface area contributed by atoms with Crippen molar-refractivity contribution in [2.24, 2.45) is 0 Å². The average molecular weight is 400 g/mol. The summed E-state index contributed by atoms with van der Waals surface area (Å²) >= 11 is 0. The normalized spacial score (nSPS) is 10.8. The minimum Gasteiger partial charge on any atom is -0.489 e. The number of hydrogen-bond donors (Lipinski definition) is 1. The Morgan fingerprint density at radius 1 is 1.34 bits per heavy atom. The zero-order chi connectivity index (χ0) is 21.1. The predicted octanol–water partition coefficient (Wildman–Crippen LogP) is 3.36. The van der Waals surface area contributed by atoms with Crippen LogP contribution < -0.4 is 10.1 Å². The van der Waals surface area contributed by atoms with E-state index in [1.807, 2.05) is 0 Å². The molecule has 150 valence electrons. The van der Waals surface area contributed by atoms with Gasteiger partial charge in [0.1, 0.15) is 5.75 Å². The number of aldehydes is 1. The van der Waals surface area contributed by atoms with Gasteiger partial charge in [-0.3, -0.25) is 14.9 Å². The highest BCUT2D eigenvalue weighted by atomic mass is 19.1. The maximum absolute atomic E-state index is 14.0. The monoisotopic (exact) mass is 400 g/mol. The topological polar surface area (TPSA) is 125 Å². The van der Waals surface area contributed by atoms with Crippen LogP contribution >= 0.6 is 0 Å². The minimum atomic E-state index is -1.01. The van der Waals surface area contributed by atoms with Gasteiger partial charge in [0.05, 0.1) is 28.5 Å². The van der Waals surface area contributed by atoms with Crippen molar-refractivity contribution in [2.45, 2.75) is 26.9 Å². The van der Waals surface area contributed by atoms with E-state index in [2.05, 4.69) is 20.4 Å². The molecule has 0 aliphatic rings. The molecule has 0 amide bonds. The number of nitro benzene ring substituents is 1. The number of benzene rings is 1. The molecule has 0 spiro atoms. The predicted molar refractivity (Wildman–Crippen MR) is 101 cm³/mol. The number of carbonyl (C=O) groups is 1. The molecule has 0 saturated carbocycles. The molecule has 0 atom stereocenters. The van der Waals surface area contributed by atoms with Gasteiger partial charge in [0.15, 0.2) is 12.1 Å². The molecule has 29 heavy (non-hydrogen) atoms. The Bertz CT molecular complexity index is 1080. The second kappa shape index (κ2) is 8.00. The molecular weight excluding hydrogens is 383 g/mol. The van der Waals surface area contributed by atoms with Crippen molar-refractivity contribution >= 4 is 23.6 Å². The second-order valence-electron chi connectivity index (χ2n) is 6.38. The van der Waals surface area contributed by atoms with Crippen LogP contribution in [0.1, 0.15) is 29.8 Å². The third-order valence-electron chi connectivity index (χ3n) is 3.76. The Labute approximate surface area is 164 Å². The lowest BCUT2D eigenvalue weighted by Crippen LogP contribution is -2.10. The van der Waals surface area contributed by atoms with Gasteiger partial charge in [0.25, 0.3) is 0 Å². The molecular formula is C18H17FN6O4. The summed E-state index contributed by atoms with van der Waals surface area (Å²) in [5, 5.41) is 18.0. The molecule has 0 aliphatic carbocycles. The third kappa shape index (κ3) is 4.34. The van der Waals surface area contributed by atoms with Crippen LogP contribution in [-0.4, -0.2) is 37.1 Å². The lowest BCUT2D eigenvalue weighted by molar-refractivity contribution is -0.387. The Morgan fingerprint density at radius 3 is 2.72 bits per heavy atom. The van der Waals surface area contributed by atoms with E-state index in [0.717, 1.165) is 12.1 Å². The van der Waals surface area contributed by atoms with Crippen LogP contribution in [0, 0.1) is 22.9 Å². The highest BCUT2D eigenvalue weighted by Crippen LogP contribution is 2.34. The first-order valence-electron chi connectivity index (χ1n) is 8.54. The lowest BCUT2D eigenvalue weighted by Gasteiger charge is -2.15. The van der Waals surface area contributed by atoms with E-state index >= 15 is 0 Å². The summed E-state index contributed by atoms with van der Waals surface area (Å²) in [6, 6.07) is 1.97. The number of ether oxygens (including phenoxy) is 1. The molecule has 2 aromatic heterocycles. The summed E-state index contributed by atoms with van der Waals surface area (Å²) in [5.74, 6) is -0.447. The highest BCUT2D eigenvalue weighted by molar-refractivity contribution is 5.73. The molecule has 10 nitrogen and oxygen atoms in total. The van der Waals surface area contributed by atoms with Crippen LogP contribution in [0.4, 0.5) is 21.7 Å². The van der Waals surface area contributed by atoms with Gasteiger partial charge in [0.2, 0.25) is 11.8 Å². The van der Waals surface area contributed by atoms with Gasteiger partial charge in [-0.05, 0) is 20.8 Å². The number of aromatic nitrogens is 4. The molecule has 0 bridgehead atoms. The smallest absolute Gasteiger partial charge is 0.307 e. The Kier molecular flexibility index (Phi) is 5.48. The SMILES string of the molecule is Cc1cnc(Nc2cc([N+](=O)[O-])c(F)cc2OC(C)C)nc1-n1cc(C=O)cn1. The summed E-state index contributed by atoms with van der Waals surface area (Å²) in [6.45, 7) is 5.25. The maximum Gasteiger partial charge on any atom is 0.307 e. The fraction of sp³-hybridized carbons (Fsp3) is 0.222. The molecule has 0 radical (unpaired) electrons. The van der Waals surface area contributed by atoms with Crippen molar-refractivity contribution in [1.29, 1.82) is 0 Å². The van der Waals surface area contributed by atoms with Gasteiger partial charge in [-0.25, -0.2) is 9.67 Å². The Morgan fingerprint density at radius 2 is 2.10 bits per heavy atom. The number of rotatable bonds is 7. The van der Waals surface area contributed by atoms with E-state index in [1.165, 1.54) is 23.3 Å². The number of hydrogen-bond acceptors (Lipinski definition) is 8. The maximum atomic E-state index is 14.0. The van der Waals surface area contributed by atoms with E-state index in [0.29, 0.717) is 23.2 Å². The average Bonchev–Trinajstić information content (AvgIpc) is 3.13. The first-order chi connectivity index (χ1) is 13.8. The van der Waals surface area contributed by atoms with Crippen molar-refractivity contribution in [2.75, 3.05) is 5.32 Å². The van der Waals surface area contributed by atoms with Crippen LogP contribution in [0.25, 0.3) is 5.82 Å². The summed E-state index contributed by atoms with van der Waals surface area (Å²) in [6.07, 6.45) is 4.78. The number of anilines is 2. The molecule has 1 N–H and O–H groups in total. The molecule has 2 heterocycles. The number of aryl methyl sites for hydroxylation is 1. The molecule has 3 aromatic rings. The van der Waals surface area contributed by atoms with E-state index in [9.17, 15) is 19.3 Å². The number of nitro groups is 1. The number of halogens is 1. The number of nitrogens with zero attached hydrogens (tertiary/aromatic N) is 5. The van der Waals surface area contributed by atoms with Crippen LogP contribution in [-0.2, 0) is 0 Å². The van der Waals surface area contributed by atoms with Crippen molar-refractivity contribution in [1.82, 2.24) is 19.7 Å². The first-order valence-corrected chi connectivity index (χ1v) is 8.54. The van der Waals surface area contributed by atoms with Gasteiger partial charge in [-0.15, -0.1) is 0 Å². The van der Waals surface area contributed by atoms with Crippen molar-refractivity contribution in [3.63, 3.8) is 0 Å². The zero-order valence-corrected chi connectivity index (χ0v) is 15.8. The fourth-order valence-corrected chi connectivity index (χ4v) is 2.49. The van der Waals surface area contributed by atoms with Gasteiger partial charge in [-0.2, -0.15) is 14.5 Å². The standard InChI is InChI=1S/C18H17FN6O4/c1-10(2)29-16-4-13(19)15(25(27)28)5-14(16)22-18-20-6-11(3)17(23-18)24-8-12(9-26)7-21-24/h4-10H,1-3H3,(H,20,22,23). The molecule has 0 saturated heterocycles. The zero-order valence-electron chi connectivity index (χ0n) is 15.8. The first kappa shape index (κ1) is 19.9. The summed E-state index contributed by atoms with van der Waals surface area (Å²) in [5.41, 5.74) is 0.480. The van der Waals surface area contributed by atoms with Crippen LogP contribution in [0.5, 0.6) is 5.75 Å². The molecule has 0 aliphatic heterocycles. The van der Waals surface area contributed by atoms with E-state index in [-0.39, 0.29) is 23.5 Å².